The number of halogens is 2. The van der Waals surface area contributed by atoms with Crippen LogP contribution in [0.25, 0.3) is 17.2 Å². The van der Waals surface area contributed by atoms with Crippen LogP contribution in [0.15, 0.2) is 66.3 Å². The van der Waals surface area contributed by atoms with Crippen molar-refractivity contribution in [1.82, 2.24) is 10.3 Å². The maximum atomic E-state index is 14.7. The van der Waals surface area contributed by atoms with Gasteiger partial charge in [-0.1, -0.05) is 66.2 Å². The highest BCUT2D eigenvalue weighted by Gasteiger charge is 2.52. The second-order valence-corrected chi connectivity index (χ2v) is 10.8. The quantitative estimate of drug-likeness (QED) is 0.292. The molecule has 1 aliphatic carbocycles. The molecular formula is C29H29BClFN2O4. The van der Waals surface area contributed by atoms with E-state index >= 15 is 0 Å². The summed E-state index contributed by atoms with van der Waals surface area (Å²) in [4.78, 5) is 16.6. The lowest BCUT2D eigenvalue weighted by molar-refractivity contribution is 0.00578. The molecule has 0 bridgehead atoms. The zero-order chi connectivity index (χ0) is 27.1. The number of amides is 1. The summed E-state index contributed by atoms with van der Waals surface area (Å²) in [6, 6.07) is 17.8. The Labute approximate surface area is 227 Å². The highest BCUT2D eigenvalue weighted by atomic mass is 35.5. The summed E-state index contributed by atoms with van der Waals surface area (Å²) in [7, 11) is -0.805. The molecule has 0 radical (unpaired) electrons. The molecule has 1 saturated heterocycles. The second kappa shape index (κ2) is 10.2. The minimum absolute atomic E-state index is 0.0207. The van der Waals surface area contributed by atoms with Gasteiger partial charge >= 0.3 is 13.2 Å². The summed E-state index contributed by atoms with van der Waals surface area (Å²) in [6.07, 6.45) is 2.38. The van der Waals surface area contributed by atoms with E-state index < -0.39 is 30.2 Å². The maximum absolute atomic E-state index is 14.7. The number of nitrogens with zero attached hydrogens (tertiary/aromatic N) is 1. The molecule has 1 fully saturated rings. The molecule has 9 heteroatoms. The molecule has 2 aromatic carbocycles. The zero-order valence-electron chi connectivity index (χ0n) is 21.8. The van der Waals surface area contributed by atoms with E-state index in [0.29, 0.717) is 5.47 Å². The van der Waals surface area contributed by atoms with Crippen molar-refractivity contribution in [3.8, 4) is 11.1 Å². The average Bonchev–Trinajstić information content (AvgIpc) is 3.32. The Kier molecular flexibility index (Phi) is 7.07. The van der Waals surface area contributed by atoms with Crippen molar-refractivity contribution in [3.63, 3.8) is 0 Å². The zero-order valence-corrected chi connectivity index (χ0v) is 22.5. The maximum Gasteiger partial charge on any atom is 0.492 e. The molecule has 1 aromatic heterocycles. The predicted molar refractivity (Wildman–Crippen MR) is 146 cm³/mol. The third-order valence-electron chi connectivity index (χ3n) is 7.55. The number of hydrogen-bond donors (Lipinski definition) is 1. The molecule has 2 aliphatic rings. The first kappa shape index (κ1) is 26.4. The summed E-state index contributed by atoms with van der Waals surface area (Å²) in [6.45, 7) is 7.90. The summed E-state index contributed by atoms with van der Waals surface area (Å²) in [5.41, 5.74) is 4.06. The molecule has 2 heterocycles. The summed E-state index contributed by atoms with van der Waals surface area (Å²) < 4.78 is 32.7. The Morgan fingerprint density at radius 2 is 1.63 bits per heavy atom. The van der Waals surface area contributed by atoms with Gasteiger partial charge < -0.3 is 19.4 Å². The van der Waals surface area contributed by atoms with Crippen LogP contribution in [0.3, 0.4) is 0 Å². The van der Waals surface area contributed by atoms with Crippen molar-refractivity contribution >= 4 is 30.9 Å². The summed E-state index contributed by atoms with van der Waals surface area (Å²) in [5, 5.41) is 2.54. The fourth-order valence-corrected chi connectivity index (χ4v) is 4.93. The number of benzene rings is 2. The van der Waals surface area contributed by atoms with Crippen LogP contribution in [0, 0.1) is 5.82 Å². The van der Waals surface area contributed by atoms with E-state index in [2.05, 4.69) is 34.6 Å². The van der Waals surface area contributed by atoms with Gasteiger partial charge in [0.2, 0.25) is 0 Å². The lowest BCUT2D eigenvalue weighted by Crippen LogP contribution is -2.41. The van der Waals surface area contributed by atoms with Gasteiger partial charge in [-0.05, 0) is 61.5 Å². The number of carbonyl (C=O) groups excluding carboxylic acids is 1. The molecule has 3 aromatic rings. The van der Waals surface area contributed by atoms with Crippen LogP contribution in [-0.4, -0.2) is 42.5 Å². The molecule has 5 rings (SSSR count). The molecule has 196 valence electrons. The average molecular weight is 535 g/mol. The number of ether oxygens (including phenoxy) is 1. The third kappa shape index (κ3) is 4.96. The molecule has 0 atom stereocenters. The first-order chi connectivity index (χ1) is 18.1. The minimum atomic E-state index is -0.805. The highest BCUT2D eigenvalue weighted by Crippen LogP contribution is 2.44. The van der Waals surface area contributed by atoms with E-state index in [1.54, 1.807) is 6.08 Å². The molecule has 1 amide bonds. The SMILES string of the molecule is CC1(C)OB(C(=Cc2ccnc(Cl)c2F)CNC(=O)OCC2c3ccccc3-c3ccccc32)OC1(C)C. The molecule has 1 N–H and O–H groups in total. The van der Waals surface area contributed by atoms with Crippen LogP contribution in [0.2, 0.25) is 5.15 Å². The number of aromatic nitrogens is 1. The number of pyridine rings is 1. The molecule has 6 nitrogen and oxygen atoms in total. The number of carbonyl (C=O) groups is 1. The fraction of sp³-hybridized carbons (Fsp3) is 0.310. The standard InChI is InChI=1S/C29H29BClFN2O4/c1-28(2)29(3,4)38-30(37-28)19(15-18-13-14-33-26(31)25(18)32)16-34-27(35)36-17-24-22-11-7-5-9-20(22)21-10-6-8-12-23(21)24/h5-15,24H,16-17H2,1-4H3,(H,34,35). The number of alkyl carbamates (subject to hydrolysis) is 1. The minimum Gasteiger partial charge on any atom is -0.449 e. The van der Waals surface area contributed by atoms with Gasteiger partial charge in [0, 0.05) is 24.2 Å². The Bertz CT molecular complexity index is 1350. The first-order valence-corrected chi connectivity index (χ1v) is 12.9. The second-order valence-electron chi connectivity index (χ2n) is 10.5. The Hall–Kier alpha value is -3.20. The summed E-state index contributed by atoms with van der Waals surface area (Å²) in [5.74, 6) is -0.719. The third-order valence-corrected chi connectivity index (χ3v) is 7.82. The number of rotatable bonds is 6. The van der Waals surface area contributed by atoms with Crippen molar-refractivity contribution in [2.24, 2.45) is 0 Å². The van der Waals surface area contributed by atoms with Crippen molar-refractivity contribution in [3.05, 3.63) is 93.9 Å². The van der Waals surface area contributed by atoms with E-state index in [1.165, 1.54) is 12.3 Å². The largest absolute Gasteiger partial charge is 0.492 e. The van der Waals surface area contributed by atoms with Crippen molar-refractivity contribution in [2.45, 2.75) is 44.8 Å². The van der Waals surface area contributed by atoms with Gasteiger partial charge in [-0.2, -0.15) is 0 Å². The molecule has 0 unspecified atom stereocenters. The van der Waals surface area contributed by atoms with Crippen LogP contribution in [0.1, 0.15) is 50.3 Å². The van der Waals surface area contributed by atoms with E-state index in [1.807, 2.05) is 52.0 Å². The predicted octanol–water partition coefficient (Wildman–Crippen LogP) is 6.43. The van der Waals surface area contributed by atoms with Crippen LogP contribution < -0.4 is 5.32 Å². The molecule has 0 saturated carbocycles. The van der Waals surface area contributed by atoms with Gasteiger partial charge in [-0.25, -0.2) is 14.2 Å². The lowest BCUT2D eigenvalue weighted by atomic mass is 9.77. The van der Waals surface area contributed by atoms with E-state index in [-0.39, 0.29) is 29.8 Å². The van der Waals surface area contributed by atoms with Crippen molar-refractivity contribution < 1.29 is 23.2 Å². The van der Waals surface area contributed by atoms with E-state index in [9.17, 15) is 9.18 Å². The van der Waals surface area contributed by atoms with Gasteiger partial charge in [0.1, 0.15) is 6.61 Å². The van der Waals surface area contributed by atoms with E-state index in [4.69, 9.17) is 25.6 Å². The topological polar surface area (TPSA) is 69.7 Å². The number of hydrogen-bond acceptors (Lipinski definition) is 5. The summed E-state index contributed by atoms with van der Waals surface area (Å²) >= 11 is 5.88. The van der Waals surface area contributed by atoms with Gasteiger partial charge in [0.05, 0.1) is 11.2 Å². The Morgan fingerprint density at radius 3 is 2.24 bits per heavy atom. The number of nitrogens with one attached hydrogen (secondary N) is 1. The van der Waals surface area contributed by atoms with Gasteiger partial charge in [-0.3, -0.25) is 0 Å². The van der Waals surface area contributed by atoms with Crippen LogP contribution >= 0.6 is 11.6 Å². The van der Waals surface area contributed by atoms with E-state index in [0.717, 1.165) is 22.3 Å². The highest BCUT2D eigenvalue weighted by molar-refractivity contribution is 6.56. The normalized spacial score (nSPS) is 17.7. The molecule has 38 heavy (non-hydrogen) atoms. The van der Waals surface area contributed by atoms with Crippen LogP contribution in [0.4, 0.5) is 9.18 Å². The van der Waals surface area contributed by atoms with Gasteiger partial charge in [-0.15, -0.1) is 0 Å². The Balaban J connectivity index is 1.31. The van der Waals surface area contributed by atoms with Gasteiger partial charge in [0.25, 0.3) is 0 Å². The lowest BCUT2D eigenvalue weighted by Gasteiger charge is -2.32. The van der Waals surface area contributed by atoms with Crippen LogP contribution in [0.5, 0.6) is 0 Å². The van der Waals surface area contributed by atoms with Crippen LogP contribution in [-0.2, 0) is 14.0 Å². The Morgan fingerprint density at radius 1 is 1.05 bits per heavy atom. The van der Waals surface area contributed by atoms with Crippen molar-refractivity contribution in [1.29, 1.82) is 0 Å². The smallest absolute Gasteiger partial charge is 0.449 e. The van der Waals surface area contributed by atoms with Crippen molar-refractivity contribution in [2.75, 3.05) is 13.2 Å². The van der Waals surface area contributed by atoms with Gasteiger partial charge in [0.15, 0.2) is 11.0 Å². The first-order valence-electron chi connectivity index (χ1n) is 12.5. The fourth-order valence-electron chi connectivity index (χ4n) is 4.76. The molecule has 1 aliphatic heterocycles. The molecule has 0 spiro atoms. The monoisotopic (exact) mass is 534 g/mol. The molecular weight excluding hydrogens is 506 g/mol. The number of fused-ring (bicyclic) bond motifs is 3.